The third kappa shape index (κ3) is 7.15. The van der Waals surface area contributed by atoms with Crippen LogP contribution >= 0.6 is 7.60 Å². The van der Waals surface area contributed by atoms with Crippen LogP contribution in [0.15, 0.2) is 35.9 Å². The van der Waals surface area contributed by atoms with Crippen molar-refractivity contribution in [3.05, 3.63) is 41.5 Å². The number of benzene rings is 1. The number of ether oxygens (including phenoxy) is 1. The Labute approximate surface area is 142 Å². The molecule has 1 atom stereocenters. The van der Waals surface area contributed by atoms with Gasteiger partial charge in [0.2, 0.25) is 0 Å². The van der Waals surface area contributed by atoms with E-state index in [9.17, 15) is 13.0 Å². The van der Waals surface area contributed by atoms with E-state index in [1.807, 2.05) is 44.2 Å². The molecule has 1 aromatic rings. The molecule has 3 N–H and O–H groups in total. The molecule has 9 heteroatoms. The fraction of sp³-hybridized carbons (Fsp3) is 0.467. The summed E-state index contributed by atoms with van der Waals surface area (Å²) in [6.07, 6.45) is 2.15. The number of hydrogen-bond donors (Lipinski definition) is 3. The van der Waals surface area contributed by atoms with Gasteiger partial charge in [-0.15, -0.1) is 0 Å². The van der Waals surface area contributed by atoms with Gasteiger partial charge in [-0.05, 0) is 50.3 Å². The lowest BCUT2D eigenvalue weighted by Gasteiger charge is -2.14. The molecule has 0 aromatic heterocycles. The van der Waals surface area contributed by atoms with E-state index in [-0.39, 0.29) is 12.8 Å². The van der Waals surface area contributed by atoms with E-state index in [0.717, 1.165) is 16.9 Å². The summed E-state index contributed by atoms with van der Waals surface area (Å²) in [5, 5.41) is 0. The Bertz CT molecular complexity index is 721. The highest BCUT2D eigenvalue weighted by Crippen LogP contribution is 2.46. The van der Waals surface area contributed by atoms with Crippen LogP contribution in [0.3, 0.4) is 0 Å². The molecule has 0 aliphatic carbocycles. The summed E-state index contributed by atoms with van der Waals surface area (Å²) >= 11 is 0. The zero-order valence-electron chi connectivity index (χ0n) is 13.6. The summed E-state index contributed by atoms with van der Waals surface area (Å²) in [6, 6.07) is 7.59. The summed E-state index contributed by atoms with van der Waals surface area (Å²) in [4.78, 5) is 15.9. The number of unbranched alkanes of at least 4 members (excludes halogenated alkanes) is 1. The molecule has 1 aromatic carbocycles. The molecule has 0 saturated carbocycles. The molecular weight excluding hydrogens is 355 g/mol. The second-order valence-corrected chi connectivity index (χ2v) is 9.34. The predicted molar refractivity (Wildman–Crippen MR) is 91.7 cm³/mol. The van der Waals surface area contributed by atoms with Crippen LogP contribution in [-0.4, -0.2) is 34.4 Å². The molecule has 1 unspecified atom stereocenters. The third-order valence-corrected chi connectivity index (χ3v) is 6.97. The molecule has 0 radical (unpaired) electrons. The van der Waals surface area contributed by atoms with Crippen molar-refractivity contribution < 1.29 is 32.1 Å². The van der Waals surface area contributed by atoms with Gasteiger partial charge in [-0.2, -0.15) is 8.42 Å². The van der Waals surface area contributed by atoms with Crippen LogP contribution in [0, 0.1) is 6.92 Å². The zero-order chi connectivity index (χ0) is 18.4. The van der Waals surface area contributed by atoms with Crippen LogP contribution in [0.4, 0.5) is 0 Å². The molecule has 0 spiro atoms. The SMILES string of the molecule is C/C(=C\CCCC(P(=O)(O)O)S(=O)(=O)O)COc1ccccc1C. The summed E-state index contributed by atoms with van der Waals surface area (Å²) < 4.78 is 47.7. The first kappa shape index (κ1) is 20.9. The third-order valence-electron chi connectivity index (χ3n) is 3.42. The van der Waals surface area contributed by atoms with E-state index in [0.29, 0.717) is 13.0 Å². The lowest BCUT2D eigenvalue weighted by molar-refractivity contribution is 0.349. The molecule has 0 fully saturated rings. The van der Waals surface area contributed by atoms with Crippen LogP contribution in [0.5, 0.6) is 5.75 Å². The number of allylic oxidation sites excluding steroid dienone is 1. The van der Waals surface area contributed by atoms with Gasteiger partial charge in [0.1, 0.15) is 12.4 Å². The topological polar surface area (TPSA) is 121 Å². The van der Waals surface area contributed by atoms with Crippen molar-refractivity contribution in [2.75, 3.05) is 6.61 Å². The second kappa shape index (κ2) is 8.78. The van der Waals surface area contributed by atoms with E-state index >= 15 is 0 Å². The first-order chi connectivity index (χ1) is 11.0. The fourth-order valence-corrected chi connectivity index (χ4v) is 4.47. The average Bonchev–Trinajstić information content (AvgIpc) is 2.43. The number of aryl methyl sites for hydroxylation is 1. The maximum atomic E-state index is 11.1. The van der Waals surface area contributed by atoms with Crippen molar-refractivity contribution >= 4 is 17.7 Å². The normalized spacial score (nSPS) is 14.5. The standard InChI is InChI=1S/C15H23O7PS/c1-12(11-22-14-9-5-4-8-13(14)2)7-3-6-10-15(23(16,17)18)24(19,20)21/h4-5,7-9,15H,3,6,10-11H2,1-2H3,(H2,16,17,18)(H,19,20,21)/b12-7+. The van der Waals surface area contributed by atoms with Gasteiger partial charge in [-0.1, -0.05) is 24.3 Å². The quantitative estimate of drug-likeness (QED) is 0.261. The van der Waals surface area contributed by atoms with E-state index in [1.165, 1.54) is 0 Å². The molecule has 1 rings (SSSR count). The molecule has 7 nitrogen and oxygen atoms in total. The monoisotopic (exact) mass is 378 g/mol. The molecular formula is C15H23O7PS. The van der Waals surface area contributed by atoms with Crippen LogP contribution in [0.1, 0.15) is 31.7 Å². The average molecular weight is 378 g/mol. The molecule has 0 aliphatic heterocycles. The van der Waals surface area contributed by atoms with Gasteiger partial charge in [0, 0.05) is 0 Å². The van der Waals surface area contributed by atoms with Crippen molar-refractivity contribution in [2.45, 2.75) is 38.1 Å². The minimum Gasteiger partial charge on any atom is -0.489 e. The largest absolute Gasteiger partial charge is 0.489 e. The fourth-order valence-electron chi connectivity index (χ4n) is 2.10. The Morgan fingerprint density at radius 3 is 2.50 bits per heavy atom. The maximum absolute atomic E-state index is 11.1. The van der Waals surface area contributed by atoms with Crippen molar-refractivity contribution in [1.82, 2.24) is 0 Å². The van der Waals surface area contributed by atoms with Gasteiger partial charge in [-0.25, -0.2) is 0 Å². The summed E-state index contributed by atoms with van der Waals surface area (Å²) in [5.74, 6) is 0.776. The molecule has 0 heterocycles. The van der Waals surface area contributed by atoms with E-state index in [2.05, 4.69) is 0 Å². The van der Waals surface area contributed by atoms with Crippen LogP contribution in [-0.2, 0) is 14.7 Å². The van der Waals surface area contributed by atoms with Crippen molar-refractivity contribution in [3.8, 4) is 5.75 Å². The van der Waals surface area contributed by atoms with Gasteiger partial charge >= 0.3 is 7.60 Å². The molecule has 0 saturated heterocycles. The highest BCUT2D eigenvalue weighted by molar-refractivity contribution is 7.93. The maximum Gasteiger partial charge on any atom is 0.346 e. The second-order valence-electron chi connectivity index (χ2n) is 5.59. The highest BCUT2D eigenvalue weighted by atomic mass is 32.2. The van der Waals surface area contributed by atoms with Gasteiger partial charge in [0.15, 0.2) is 4.99 Å². The first-order valence-corrected chi connectivity index (χ1v) is 10.6. The van der Waals surface area contributed by atoms with Crippen molar-refractivity contribution in [2.24, 2.45) is 0 Å². The van der Waals surface area contributed by atoms with Crippen LogP contribution in [0.25, 0.3) is 0 Å². The number of para-hydroxylation sites is 1. The van der Waals surface area contributed by atoms with Gasteiger partial charge in [0.05, 0.1) is 0 Å². The molecule has 0 aliphatic rings. The van der Waals surface area contributed by atoms with Gasteiger partial charge in [0.25, 0.3) is 10.1 Å². The Balaban J connectivity index is 2.49. The Morgan fingerprint density at radius 2 is 1.96 bits per heavy atom. The zero-order valence-corrected chi connectivity index (χ0v) is 15.3. The van der Waals surface area contributed by atoms with Crippen LogP contribution in [0.2, 0.25) is 0 Å². The lowest BCUT2D eigenvalue weighted by atomic mass is 10.2. The van der Waals surface area contributed by atoms with Gasteiger partial charge < -0.3 is 14.5 Å². The molecule has 24 heavy (non-hydrogen) atoms. The lowest BCUT2D eigenvalue weighted by Crippen LogP contribution is -2.20. The van der Waals surface area contributed by atoms with Gasteiger partial charge in [-0.3, -0.25) is 9.12 Å². The Hall–Kier alpha value is -1.18. The van der Waals surface area contributed by atoms with Crippen molar-refractivity contribution in [1.29, 1.82) is 0 Å². The summed E-state index contributed by atoms with van der Waals surface area (Å²) in [7, 11) is -9.69. The summed E-state index contributed by atoms with van der Waals surface area (Å²) in [6.45, 7) is 4.15. The minimum absolute atomic E-state index is 0.220. The predicted octanol–water partition coefficient (Wildman–Crippen LogP) is 2.88. The Kier molecular flexibility index (Phi) is 7.63. The first-order valence-electron chi connectivity index (χ1n) is 7.37. The highest BCUT2D eigenvalue weighted by Gasteiger charge is 2.38. The smallest absolute Gasteiger partial charge is 0.346 e. The van der Waals surface area contributed by atoms with E-state index in [4.69, 9.17) is 19.1 Å². The molecule has 136 valence electrons. The van der Waals surface area contributed by atoms with Crippen molar-refractivity contribution in [3.63, 3.8) is 0 Å². The minimum atomic E-state index is -4.90. The Morgan fingerprint density at radius 1 is 1.33 bits per heavy atom. The summed E-state index contributed by atoms with van der Waals surface area (Å²) in [5.41, 5.74) is 1.93. The molecule has 0 bridgehead atoms. The number of hydrogen-bond acceptors (Lipinski definition) is 4. The van der Waals surface area contributed by atoms with E-state index < -0.39 is 22.7 Å². The van der Waals surface area contributed by atoms with E-state index in [1.54, 1.807) is 0 Å². The molecule has 0 amide bonds. The number of rotatable bonds is 9. The van der Waals surface area contributed by atoms with Crippen LogP contribution < -0.4 is 4.74 Å².